The van der Waals surface area contributed by atoms with Crippen LogP contribution < -0.4 is 10.6 Å². The molecular weight excluding hydrogens is 712 g/mol. The van der Waals surface area contributed by atoms with Crippen LogP contribution in [0, 0.1) is 23.2 Å². The van der Waals surface area contributed by atoms with E-state index >= 15 is 0 Å². The van der Waals surface area contributed by atoms with Crippen molar-refractivity contribution >= 4 is 34.4 Å². The third-order valence-electron chi connectivity index (χ3n) is 14.6. The zero-order valence-electron chi connectivity index (χ0n) is 36.0. The van der Waals surface area contributed by atoms with E-state index in [1.807, 2.05) is 60.7 Å². The van der Waals surface area contributed by atoms with E-state index in [1.165, 1.54) is 37.7 Å². The van der Waals surface area contributed by atoms with Crippen LogP contribution in [-0.4, -0.2) is 35.0 Å². The van der Waals surface area contributed by atoms with E-state index in [2.05, 4.69) is 106 Å². The SMILES string of the molecule is C=C1/C(=C\C=C2/CCC[C@]3(C)[C@@H]([C@H](C)/C=C/CP(=O)(c4ccccc4)c4ccccc4)CC[C@@H]23)C[C@@H](O[Si](C)(C)C(C)(C)C)C[C@@H]1O[Si](C)(C)C(C)(C)C. The van der Waals surface area contributed by atoms with Gasteiger partial charge >= 0.3 is 0 Å². The average molecular weight is 785 g/mol. The van der Waals surface area contributed by atoms with Crippen LogP contribution in [0.4, 0.5) is 0 Å². The molecule has 0 heterocycles. The van der Waals surface area contributed by atoms with Crippen LogP contribution in [0.1, 0.15) is 100 Å². The molecule has 3 saturated carbocycles. The lowest BCUT2D eigenvalue weighted by Crippen LogP contribution is -2.49. The van der Waals surface area contributed by atoms with Crippen LogP contribution in [0.15, 0.2) is 108 Å². The third-order valence-corrected chi connectivity index (χ3v) is 26.6. The maximum Gasteiger partial charge on any atom is 0.192 e. The molecule has 2 aromatic rings. The molecule has 6 heteroatoms. The predicted octanol–water partition coefficient (Wildman–Crippen LogP) is 13.4. The van der Waals surface area contributed by atoms with Gasteiger partial charge in [0.2, 0.25) is 0 Å². The quantitative estimate of drug-likeness (QED) is 0.129. The van der Waals surface area contributed by atoms with Crippen molar-refractivity contribution in [1.82, 2.24) is 0 Å². The molecule has 0 aliphatic heterocycles. The molecule has 0 bridgehead atoms. The highest BCUT2D eigenvalue weighted by Crippen LogP contribution is 2.60. The molecule has 0 unspecified atom stereocenters. The molecule has 0 amide bonds. The van der Waals surface area contributed by atoms with E-state index in [1.54, 1.807) is 5.57 Å². The second kappa shape index (κ2) is 16.5. The lowest BCUT2D eigenvalue weighted by molar-refractivity contribution is 0.0969. The Morgan fingerprint density at radius 3 is 1.98 bits per heavy atom. The van der Waals surface area contributed by atoms with Crippen LogP contribution >= 0.6 is 7.14 Å². The lowest BCUT2D eigenvalue weighted by Gasteiger charge is -2.45. The van der Waals surface area contributed by atoms with Crippen molar-refractivity contribution in [2.24, 2.45) is 23.2 Å². The third kappa shape index (κ3) is 9.23. The van der Waals surface area contributed by atoms with Crippen molar-refractivity contribution in [2.75, 3.05) is 6.16 Å². The minimum Gasteiger partial charge on any atom is -0.413 e. The van der Waals surface area contributed by atoms with E-state index < -0.39 is 23.8 Å². The van der Waals surface area contributed by atoms with Crippen molar-refractivity contribution in [3.05, 3.63) is 108 Å². The van der Waals surface area contributed by atoms with Gasteiger partial charge in [-0.25, -0.2) is 0 Å². The summed E-state index contributed by atoms with van der Waals surface area (Å²) in [6.07, 6.45) is 18.3. The highest BCUT2D eigenvalue weighted by atomic mass is 31.2. The molecule has 3 aliphatic rings. The Morgan fingerprint density at radius 1 is 0.870 bits per heavy atom. The van der Waals surface area contributed by atoms with E-state index in [9.17, 15) is 4.57 Å². The summed E-state index contributed by atoms with van der Waals surface area (Å²) in [5.41, 5.74) is 4.37. The summed E-state index contributed by atoms with van der Waals surface area (Å²) in [7, 11) is -6.74. The second-order valence-corrected chi connectivity index (χ2v) is 32.6. The van der Waals surface area contributed by atoms with Gasteiger partial charge in [0.25, 0.3) is 0 Å². The number of hydrogen-bond acceptors (Lipinski definition) is 3. The van der Waals surface area contributed by atoms with Gasteiger partial charge < -0.3 is 13.4 Å². The molecule has 0 aromatic heterocycles. The number of hydrogen-bond donors (Lipinski definition) is 0. The van der Waals surface area contributed by atoms with Gasteiger partial charge in [-0.2, -0.15) is 0 Å². The van der Waals surface area contributed by atoms with Gasteiger partial charge in [-0.3, -0.25) is 0 Å². The molecule has 3 fully saturated rings. The maximum absolute atomic E-state index is 14.7. The molecule has 6 atom stereocenters. The molecule has 54 heavy (non-hydrogen) atoms. The summed E-state index contributed by atoms with van der Waals surface area (Å²) in [5, 5.41) is 2.17. The summed E-state index contributed by atoms with van der Waals surface area (Å²) in [6.45, 7) is 33.2. The normalized spacial score (nSPS) is 28.2. The Bertz CT molecular complexity index is 1700. The molecular formula is C48H73O3PSi2. The Labute approximate surface area is 332 Å². The van der Waals surface area contributed by atoms with Crippen LogP contribution in [0.3, 0.4) is 0 Å². The van der Waals surface area contributed by atoms with Crippen LogP contribution in [-0.2, 0) is 13.4 Å². The molecule has 3 nitrogen and oxygen atoms in total. The molecule has 5 rings (SSSR count). The Balaban J connectivity index is 1.36. The number of allylic oxidation sites excluding steroid dienone is 5. The first kappa shape index (κ1) is 43.1. The first-order valence-electron chi connectivity index (χ1n) is 20.9. The Morgan fingerprint density at radius 2 is 1.43 bits per heavy atom. The van der Waals surface area contributed by atoms with Gasteiger partial charge in [-0.1, -0.05) is 153 Å². The molecule has 0 saturated heterocycles. The summed E-state index contributed by atoms with van der Waals surface area (Å²) in [4.78, 5) is 0. The van der Waals surface area contributed by atoms with Gasteiger partial charge in [0, 0.05) is 23.2 Å². The summed E-state index contributed by atoms with van der Waals surface area (Å²) >= 11 is 0. The topological polar surface area (TPSA) is 35.5 Å². The first-order valence-corrected chi connectivity index (χ1v) is 28.6. The largest absolute Gasteiger partial charge is 0.413 e. The van der Waals surface area contributed by atoms with Gasteiger partial charge in [-0.05, 0) is 109 Å². The summed E-state index contributed by atoms with van der Waals surface area (Å²) in [5.74, 6) is 1.63. The van der Waals surface area contributed by atoms with Crippen molar-refractivity contribution in [3.8, 4) is 0 Å². The molecule has 296 valence electrons. The Kier molecular flexibility index (Phi) is 13.1. The van der Waals surface area contributed by atoms with Gasteiger partial charge in [0.15, 0.2) is 16.6 Å². The molecule has 3 aliphatic carbocycles. The highest BCUT2D eigenvalue weighted by Gasteiger charge is 2.50. The lowest BCUT2D eigenvalue weighted by atomic mass is 9.61. The standard InChI is InChI=1S/C48H73O3PSi2/c1-36(22-21-33-52(49,41-24-16-14-17-25-41)42-26-18-15-19-27-42)43-30-31-44-38(23-20-32-48(43,44)9)28-29-39-34-40(50-53(10,11)46(3,4)5)35-45(37(39)2)51-54(12,13)47(6,7)8/h14-19,21-22,24-29,36,40,43-45H,2,20,23,30-35H2,1,3-13H3/b22-21+,38-28+,39-29-/t36-,40-,43-,44+,45+,48-/m1/s1. The van der Waals surface area contributed by atoms with Crippen molar-refractivity contribution < 1.29 is 13.4 Å². The van der Waals surface area contributed by atoms with E-state index in [0.717, 1.165) is 29.0 Å². The molecule has 0 radical (unpaired) electrons. The molecule has 0 N–H and O–H groups in total. The van der Waals surface area contributed by atoms with Crippen LogP contribution in [0.25, 0.3) is 0 Å². The van der Waals surface area contributed by atoms with E-state index in [4.69, 9.17) is 15.4 Å². The first-order chi connectivity index (χ1) is 25.1. The maximum atomic E-state index is 14.7. The zero-order valence-corrected chi connectivity index (χ0v) is 38.9. The number of fused-ring (bicyclic) bond motifs is 1. The van der Waals surface area contributed by atoms with Crippen molar-refractivity contribution in [2.45, 2.75) is 149 Å². The Hall–Kier alpha value is -2.02. The zero-order chi connectivity index (χ0) is 39.7. The number of benzene rings is 2. The summed E-state index contributed by atoms with van der Waals surface area (Å²) in [6, 6.07) is 20.2. The van der Waals surface area contributed by atoms with Gasteiger partial charge in [0.05, 0.1) is 12.2 Å². The monoisotopic (exact) mass is 784 g/mol. The smallest absolute Gasteiger partial charge is 0.192 e. The fourth-order valence-corrected chi connectivity index (χ4v) is 14.3. The van der Waals surface area contributed by atoms with Crippen molar-refractivity contribution in [3.63, 3.8) is 0 Å². The van der Waals surface area contributed by atoms with Gasteiger partial charge in [0.1, 0.15) is 7.14 Å². The fourth-order valence-electron chi connectivity index (χ4n) is 9.16. The van der Waals surface area contributed by atoms with Crippen LogP contribution in [0.2, 0.25) is 36.3 Å². The van der Waals surface area contributed by atoms with Crippen LogP contribution in [0.5, 0.6) is 0 Å². The number of rotatable bonds is 11. The molecule has 2 aromatic carbocycles. The van der Waals surface area contributed by atoms with E-state index in [0.29, 0.717) is 23.9 Å². The highest BCUT2D eigenvalue weighted by molar-refractivity contribution is 7.78. The molecule has 0 spiro atoms. The van der Waals surface area contributed by atoms with Crippen molar-refractivity contribution in [1.29, 1.82) is 0 Å². The summed E-state index contributed by atoms with van der Waals surface area (Å²) < 4.78 is 28.9. The average Bonchev–Trinajstić information content (AvgIpc) is 3.46. The second-order valence-electron chi connectivity index (χ2n) is 20.2. The van der Waals surface area contributed by atoms with Gasteiger partial charge in [-0.15, -0.1) is 0 Å². The minimum atomic E-state index is -2.77. The predicted molar refractivity (Wildman–Crippen MR) is 240 cm³/mol. The van der Waals surface area contributed by atoms with E-state index in [-0.39, 0.29) is 27.7 Å². The fraction of sp³-hybridized carbons (Fsp3) is 0.583. The minimum absolute atomic E-state index is 0.00160.